The van der Waals surface area contributed by atoms with E-state index in [1.54, 1.807) is 0 Å². The predicted molar refractivity (Wildman–Crippen MR) is 80.0 cm³/mol. The molecule has 23 heavy (non-hydrogen) atoms. The van der Waals surface area contributed by atoms with E-state index < -0.39 is 23.4 Å². The second-order valence-corrected chi connectivity index (χ2v) is 6.03. The van der Waals surface area contributed by atoms with Crippen molar-refractivity contribution in [1.29, 1.82) is 0 Å². The number of hydrogen-bond donors (Lipinski definition) is 0. The zero-order valence-corrected chi connectivity index (χ0v) is 12.7. The Morgan fingerprint density at radius 3 is 2.17 bits per heavy atom. The van der Waals surface area contributed by atoms with Crippen molar-refractivity contribution in [2.75, 3.05) is 6.61 Å². The maximum Gasteiger partial charge on any atom is 0.419 e. The van der Waals surface area contributed by atoms with Gasteiger partial charge in [0.2, 0.25) is 0 Å². The Morgan fingerprint density at radius 2 is 1.57 bits per heavy atom. The third-order valence-electron chi connectivity index (χ3n) is 3.42. The van der Waals surface area contributed by atoms with Crippen molar-refractivity contribution >= 4 is 31.5 Å². The summed E-state index contributed by atoms with van der Waals surface area (Å²) in [5.74, 6) is -2.03. The van der Waals surface area contributed by atoms with Crippen molar-refractivity contribution in [2.24, 2.45) is 0 Å². The molecule has 0 bridgehead atoms. The van der Waals surface area contributed by atoms with Gasteiger partial charge in [-0.15, -0.1) is 11.3 Å². The first kappa shape index (κ1) is 16.0. The maximum absolute atomic E-state index is 14.4. The first-order chi connectivity index (χ1) is 10.8. The van der Waals surface area contributed by atoms with Gasteiger partial charge >= 0.3 is 6.18 Å². The van der Waals surface area contributed by atoms with Crippen LogP contribution in [0.3, 0.4) is 0 Å². The minimum Gasteiger partial charge on any atom is -0.490 e. The molecule has 0 atom stereocenters. The molecule has 0 unspecified atom stereocenters. The fourth-order valence-corrected chi connectivity index (χ4v) is 3.53. The molecular weight excluding hydrogens is 335 g/mol. The van der Waals surface area contributed by atoms with E-state index in [0.717, 1.165) is 0 Å². The summed E-state index contributed by atoms with van der Waals surface area (Å²) in [5.41, 5.74) is -1.35. The van der Waals surface area contributed by atoms with Crippen LogP contribution in [0.4, 0.5) is 22.0 Å². The molecule has 0 fully saturated rings. The molecule has 0 saturated carbocycles. The SMILES string of the molecule is CCCOc1ccc2c(sc3c(F)c(C(F)(F)F)ccc32)c1F. The van der Waals surface area contributed by atoms with Crippen LogP contribution in [0, 0.1) is 11.6 Å². The number of rotatable bonds is 3. The number of alkyl halides is 3. The minimum atomic E-state index is -4.79. The molecule has 1 nitrogen and oxygen atoms in total. The Kier molecular flexibility index (Phi) is 3.91. The van der Waals surface area contributed by atoms with Crippen LogP contribution in [-0.4, -0.2) is 6.61 Å². The fourth-order valence-electron chi connectivity index (χ4n) is 2.36. The van der Waals surface area contributed by atoms with Crippen LogP contribution in [0.15, 0.2) is 24.3 Å². The van der Waals surface area contributed by atoms with Gasteiger partial charge in [-0.05, 0) is 24.6 Å². The van der Waals surface area contributed by atoms with Crippen molar-refractivity contribution in [3.8, 4) is 5.75 Å². The number of hydrogen-bond acceptors (Lipinski definition) is 2. The molecule has 1 heterocycles. The second-order valence-electron chi connectivity index (χ2n) is 5.01. The van der Waals surface area contributed by atoms with E-state index >= 15 is 0 Å². The van der Waals surface area contributed by atoms with Gasteiger partial charge in [-0.2, -0.15) is 13.2 Å². The second kappa shape index (κ2) is 5.63. The molecule has 0 saturated heterocycles. The summed E-state index contributed by atoms with van der Waals surface area (Å²) in [6.07, 6.45) is -4.10. The van der Waals surface area contributed by atoms with E-state index in [-0.39, 0.29) is 20.5 Å². The molecule has 0 aliphatic carbocycles. The van der Waals surface area contributed by atoms with Crippen molar-refractivity contribution in [3.05, 3.63) is 41.5 Å². The number of ether oxygens (including phenoxy) is 1. The first-order valence-corrected chi connectivity index (χ1v) is 7.69. The number of thiophene rings is 1. The van der Waals surface area contributed by atoms with Crippen LogP contribution in [0.2, 0.25) is 0 Å². The van der Waals surface area contributed by atoms with Crippen molar-refractivity contribution < 1.29 is 26.7 Å². The molecule has 2 aromatic carbocycles. The largest absolute Gasteiger partial charge is 0.490 e. The highest BCUT2D eigenvalue weighted by Crippen LogP contribution is 2.43. The quantitative estimate of drug-likeness (QED) is 0.518. The van der Waals surface area contributed by atoms with Gasteiger partial charge in [-0.25, -0.2) is 8.78 Å². The Balaban J connectivity index is 2.25. The molecule has 0 aliphatic heterocycles. The highest BCUT2D eigenvalue weighted by Gasteiger charge is 2.35. The summed E-state index contributed by atoms with van der Waals surface area (Å²) in [5, 5.41) is 0.635. The lowest BCUT2D eigenvalue weighted by atomic mass is 10.1. The highest BCUT2D eigenvalue weighted by atomic mass is 32.1. The topological polar surface area (TPSA) is 9.23 Å². The van der Waals surface area contributed by atoms with Gasteiger partial charge < -0.3 is 4.74 Å². The van der Waals surface area contributed by atoms with E-state index in [1.165, 1.54) is 18.2 Å². The number of halogens is 5. The monoisotopic (exact) mass is 346 g/mol. The third-order valence-corrected chi connectivity index (χ3v) is 4.63. The van der Waals surface area contributed by atoms with Gasteiger partial charge in [0.1, 0.15) is 0 Å². The molecule has 3 aromatic rings. The number of fused-ring (bicyclic) bond motifs is 3. The standard InChI is InChI=1S/C16H11F5OS/c1-2-7-22-11-6-4-9-8-3-5-10(16(19,20)21)12(17)14(8)23-15(9)13(11)18/h3-6H,2,7H2,1H3. The Morgan fingerprint density at radius 1 is 0.957 bits per heavy atom. The van der Waals surface area contributed by atoms with E-state index in [2.05, 4.69) is 0 Å². The van der Waals surface area contributed by atoms with Gasteiger partial charge in [0.25, 0.3) is 0 Å². The van der Waals surface area contributed by atoms with E-state index in [9.17, 15) is 22.0 Å². The smallest absolute Gasteiger partial charge is 0.419 e. The van der Waals surface area contributed by atoms with Crippen LogP contribution in [0.5, 0.6) is 5.75 Å². The van der Waals surface area contributed by atoms with Gasteiger partial charge in [0.05, 0.1) is 21.6 Å². The minimum absolute atomic E-state index is 0.0161. The Labute approximate surface area is 132 Å². The van der Waals surface area contributed by atoms with E-state index in [1.807, 2.05) is 6.92 Å². The van der Waals surface area contributed by atoms with Crippen LogP contribution >= 0.6 is 11.3 Å². The van der Waals surface area contributed by atoms with Gasteiger partial charge in [-0.1, -0.05) is 13.0 Å². The molecule has 0 spiro atoms. The molecule has 122 valence electrons. The normalized spacial score (nSPS) is 12.3. The number of benzene rings is 2. The molecule has 0 N–H and O–H groups in total. The van der Waals surface area contributed by atoms with Crippen LogP contribution in [0.1, 0.15) is 18.9 Å². The molecule has 0 radical (unpaired) electrons. The van der Waals surface area contributed by atoms with E-state index in [4.69, 9.17) is 4.74 Å². The Bertz CT molecular complexity index is 882. The highest BCUT2D eigenvalue weighted by molar-refractivity contribution is 7.25. The summed E-state index contributed by atoms with van der Waals surface area (Å²) in [7, 11) is 0. The van der Waals surface area contributed by atoms with Gasteiger partial charge in [-0.3, -0.25) is 0 Å². The molecule has 0 aliphatic rings. The van der Waals surface area contributed by atoms with Crippen LogP contribution in [0.25, 0.3) is 20.2 Å². The molecular formula is C16H11F5OS. The van der Waals surface area contributed by atoms with Crippen molar-refractivity contribution in [3.63, 3.8) is 0 Å². The molecule has 7 heteroatoms. The first-order valence-electron chi connectivity index (χ1n) is 6.87. The van der Waals surface area contributed by atoms with Gasteiger partial charge in [0.15, 0.2) is 17.4 Å². The molecule has 0 amide bonds. The zero-order valence-electron chi connectivity index (χ0n) is 11.9. The van der Waals surface area contributed by atoms with Gasteiger partial charge in [0, 0.05) is 10.8 Å². The summed E-state index contributed by atoms with van der Waals surface area (Å²) < 4.78 is 72.1. The van der Waals surface area contributed by atoms with E-state index in [0.29, 0.717) is 35.8 Å². The van der Waals surface area contributed by atoms with Crippen molar-refractivity contribution in [1.82, 2.24) is 0 Å². The van der Waals surface area contributed by atoms with Crippen LogP contribution < -0.4 is 4.74 Å². The zero-order chi connectivity index (χ0) is 16.8. The summed E-state index contributed by atoms with van der Waals surface area (Å²) in [6.45, 7) is 2.18. The lowest BCUT2D eigenvalue weighted by Crippen LogP contribution is -2.07. The van der Waals surface area contributed by atoms with Crippen LogP contribution in [-0.2, 0) is 6.18 Å². The molecule has 1 aromatic heterocycles. The summed E-state index contributed by atoms with van der Waals surface area (Å²) in [4.78, 5) is 0. The van der Waals surface area contributed by atoms with Crippen molar-refractivity contribution in [2.45, 2.75) is 19.5 Å². The predicted octanol–water partition coefficient (Wildman–Crippen LogP) is 6.14. The average molecular weight is 346 g/mol. The third kappa shape index (κ3) is 2.63. The Hall–Kier alpha value is -1.89. The molecule has 3 rings (SSSR count). The fraction of sp³-hybridized carbons (Fsp3) is 0.250. The average Bonchev–Trinajstić information content (AvgIpc) is 2.86. The summed E-state index contributed by atoms with van der Waals surface area (Å²) in [6, 6.07) is 4.80. The lowest BCUT2D eigenvalue weighted by molar-refractivity contribution is -0.139. The summed E-state index contributed by atoms with van der Waals surface area (Å²) >= 11 is 0.663. The lowest BCUT2D eigenvalue weighted by Gasteiger charge is -2.07. The maximum atomic E-state index is 14.4.